The molecule has 1 aliphatic carbocycles. The van der Waals surface area contributed by atoms with Gasteiger partial charge in [0, 0.05) is 0 Å². The van der Waals surface area contributed by atoms with Crippen molar-refractivity contribution in [3.8, 4) is 11.5 Å². The van der Waals surface area contributed by atoms with Crippen molar-refractivity contribution in [2.45, 2.75) is 45.1 Å². The fraction of sp³-hybridized carbons (Fsp3) is 0.533. The Labute approximate surface area is 113 Å². The van der Waals surface area contributed by atoms with Crippen LogP contribution in [0.1, 0.15) is 49.4 Å². The summed E-state index contributed by atoms with van der Waals surface area (Å²) in [6.45, 7) is 2.27. The Morgan fingerprint density at radius 3 is 2.74 bits per heavy atom. The molecule has 0 radical (unpaired) electrons. The van der Waals surface area contributed by atoms with Crippen LogP contribution < -0.4 is 4.74 Å². The summed E-state index contributed by atoms with van der Waals surface area (Å²) in [7, 11) is 0. The first-order valence-electron chi connectivity index (χ1n) is 6.87. The molecule has 19 heavy (non-hydrogen) atoms. The molecule has 1 aromatic carbocycles. The largest absolute Gasteiger partial charge is 0.504 e. The third-order valence-electron chi connectivity index (χ3n) is 3.32. The second kappa shape index (κ2) is 6.45. The minimum atomic E-state index is -0.340. The number of esters is 1. The molecule has 104 valence electrons. The summed E-state index contributed by atoms with van der Waals surface area (Å²) < 4.78 is 10.7. The Hall–Kier alpha value is -1.71. The van der Waals surface area contributed by atoms with Gasteiger partial charge in [0.05, 0.1) is 12.2 Å². The van der Waals surface area contributed by atoms with Crippen LogP contribution >= 0.6 is 0 Å². The second-order valence-corrected chi connectivity index (χ2v) is 4.78. The molecule has 1 aliphatic rings. The van der Waals surface area contributed by atoms with Gasteiger partial charge in [-0.15, -0.1) is 0 Å². The molecule has 1 saturated carbocycles. The van der Waals surface area contributed by atoms with Crippen molar-refractivity contribution in [3.05, 3.63) is 23.8 Å². The zero-order chi connectivity index (χ0) is 13.7. The Morgan fingerprint density at radius 2 is 2.05 bits per heavy atom. The number of ether oxygens (including phenoxy) is 2. The summed E-state index contributed by atoms with van der Waals surface area (Å²) in [5, 5.41) is 9.59. The van der Waals surface area contributed by atoms with Crippen LogP contribution in [0.5, 0.6) is 11.5 Å². The fourth-order valence-electron chi connectivity index (χ4n) is 2.31. The SMILES string of the molecule is CCOc1cc(C(=O)OC2CCCCC2)ccc1O. The molecule has 0 aromatic heterocycles. The summed E-state index contributed by atoms with van der Waals surface area (Å²) in [6.07, 6.45) is 5.40. The van der Waals surface area contributed by atoms with E-state index in [4.69, 9.17) is 9.47 Å². The zero-order valence-corrected chi connectivity index (χ0v) is 11.2. The predicted molar refractivity (Wildman–Crippen MR) is 71.6 cm³/mol. The normalized spacial score (nSPS) is 16.1. The van der Waals surface area contributed by atoms with Gasteiger partial charge in [-0.1, -0.05) is 6.42 Å². The number of phenolic OH excluding ortho intramolecular Hbond substituents is 1. The molecule has 2 rings (SSSR count). The summed E-state index contributed by atoms with van der Waals surface area (Å²) in [5.74, 6) is 0.0181. The van der Waals surface area contributed by atoms with Gasteiger partial charge in [-0.25, -0.2) is 4.79 Å². The van der Waals surface area contributed by atoms with Crippen LogP contribution in [0.25, 0.3) is 0 Å². The van der Waals surface area contributed by atoms with Gasteiger partial charge >= 0.3 is 5.97 Å². The molecule has 0 bridgehead atoms. The topological polar surface area (TPSA) is 55.8 Å². The van der Waals surface area contributed by atoms with Crippen molar-refractivity contribution in [2.24, 2.45) is 0 Å². The van der Waals surface area contributed by atoms with E-state index < -0.39 is 0 Å². The third-order valence-corrected chi connectivity index (χ3v) is 3.32. The first-order valence-corrected chi connectivity index (χ1v) is 6.87. The molecule has 0 unspecified atom stereocenters. The summed E-state index contributed by atoms with van der Waals surface area (Å²) >= 11 is 0. The maximum Gasteiger partial charge on any atom is 0.338 e. The number of benzene rings is 1. The van der Waals surface area contributed by atoms with Gasteiger partial charge in [0.15, 0.2) is 11.5 Å². The molecule has 4 heteroatoms. The van der Waals surface area contributed by atoms with Gasteiger partial charge in [0.25, 0.3) is 0 Å². The van der Waals surface area contributed by atoms with E-state index >= 15 is 0 Å². The van der Waals surface area contributed by atoms with Gasteiger partial charge < -0.3 is 14.6 Å². The number of hydrogen-bond donors (Lipinski definition) is 1. The molecule has 1 fully saturated rings. The number of phenols is 1. The number of rotatable bonds is 4. The molecular weight excluding hydrogens is 244 g/mol. The van der Waals surface area contributed by atoms with E-state index in [2.05, 4.69) is 0 Å². The fourth-order valence-corrected chi connectivity index (χ4v) is 2.31. The van der Waals surface area contributed by atoms with Crippen molar-refractivity contribution in [1.29, 1.82) is 0 Å². The molecule has 1 aromatic rings. The van der Waals surface area contributed by atoms with Crippen LogP contribution in [0.15, 0.2) is 18.2 Å². The number of carbonyl (C=O) groups is 1. The Kier molecular flexibility index (Phi) is 4.66. The van der Waals surface area contributed by atoms with Gasteiger partial charge in [0.1, 0.15) is 6.10 Å². The first-order chi connectivity index (χ1) is 9.20. The van der Waals surface area contributed by atoms with Crippen LogP contribution in [0.4, 0.5) is 0 Å². The minimum absolute atomic E-state index is 0.0330. The summed E-state index contributed by atoms with van der Waals surface area (Å²) in [5.41, 5.74) is 0.423. The summed E-state index contributed by atoms with van der Waals surface area (Å²) in [4.78, 5) is 12.0. The van der Waals surface area contributed by atoms with Crippen LogP contribution in [0.3, 0.4) is 0 Å². The molecule has 0 amide bonds. The average Bonchev–Trinajstić information content (AvgIpc) is 2.42. The van der Waals surface area contributed by atoms with Gasteiger partial charge in [0.2, 0.25) is 0 Å². The monoisotopic (exact) mass is 264 g/mol. The first kappa shape index (κ1) is 13.7. The van der Waals surface area contributed by atoms with Crippen LogP contribution in [-0.2, 0) is 4.74 Å². The standard InChI is InChI=1S/C15H20O4/c1-2-18-14-10-11(8-9-13(14)16)15(17)19-12-6-4-3-5-7-12/h8-10,12,16H,2-7H2,1H3. The maximum atomic E-state index is 12.0. The number of carbonyl (C=O) groups excluding carboxylic acids is 1. The lowest BCUT2D eigenvalue weighted by Crippen LogP contribution is -2.20. The minimum Gasteiger partial charge on any atom is -0.504 e. The molecule has 1 N–H and O–H groups in total. The smallest absolute Gasteiger partial charge is 0.338 e. The molecule has 0 spiro atoms. The lowest BCUT2D eigenvalue weighted by Gasteiger charge is -2.21. The van der Waals surface area contributed by atoms with Crippen molar-refractivity contribution in [1.82, 2.24) is 0 Å². The van der Waals surface area contributed by atoms with Gasteiger partial charge in [-0.3, -0.25) is 0 Å². The molecular formula is C15H20O4. The van der Waals surface area contributed by atoms with Crippen molar-refractivity contribution in [3.63, 3.8) is 0 Å². The highest BCUT2D eigenvalue weighted by Gasteiger charge is 2.19. The average molecular weight is 264 g/mol. The lowest BCUT2D eigenvalue weighted by atomic mass is 9.98. The van der Waals surface area contributed by atoms with Crippen LogP contribution in [0, 0.1) is 0 Å². The van der Waals surface area contributed by atoms with Crippen molar-refractivity contribution >= 4 is 5.97 Å². The zero-order valence-electron chi connectivity index (χ0n) is 11.2. The summed E-state index contributed by atoms with van der Waals surface area (Å²) in [6, 6.07) is 4.55. The Balaban J connectivity index is 2.03. The van der Waals surface area contributed by atoms with Crippen LogP contribution in [-0.4, -0.2) is 23.8 Å². The highest BCUT2D eigenvalue weighted by Crippen LogP contribution is 2.28. The molecule has 0 atom stereocenters. The van der Waals surface area contributed by atoms with Gasteiger partial charge in [-0.05, 0) is 50.8 Å². The highest BCUT2D eigenvalue weighted by atomic mass is 16.5. The predicted octanol–water partition coefficient (Wildman–Crippen LogP) is 3.28. The molecule has 0 heterocycles. The number of aromatic hydroxyl groups is 1. The van der Waals surface area contributed by atoms with E-state index in [9.17, 15) is 9.90 Å². The van der Waals surface area contributed by atoms with Crippen molar-refractivity contribution in [2.75, 3.05) is 6.61 Å². The Morgan fingerprint density at radius 1 is 1.32 bits per heavy atom. The van der Waals surface area contributed by atoms with E-state index in [1.54, 1.807) is 6.07 Å². The van der Waals surface area contributed by atoms with Crippen molar-refractivity contribution < 1.29 is 19.4 Å². The second-order valence-electron chi connectivity index (χ2n) is 4.78. The number of hydrogen-bond acceptors (Lipinski definition) is 4. The maximum absolute atomic E-state index is 12.0. The van der Waals surface area contributed by atoms with E-state index in [0.29, 0.717) is 17.9 Å². The van der Waals surface area contributed by atoms with E-state index in [0.717, 1.165) is 25.7 Å². The van der Waals surface area contributed by atoms with E-state index in [1.807, 2.05) is 6.92 Å². The lowest BCUT2D eigenvalue weighted by molar-refractivity contribution is 0.0210. The highest BCUT2D eigenvalue weighted by molar-refractivity contribution is 5.90. The third kappa shape index (κ3) is 3.63. The molecule has 0 aliphatic heterocycles. The van der Waals surface area contributed by atoms with Crippen LogP contribution in [0.2, 0.25) is 0 Å². The molecule has 0 saturated heterocycles. The van der Waals surface area contributed by atoms with Gasteiger partial charge in [-0.2, -0.15) is 0 Å². The van der Waals surface area contributed by atoms with E-state index in [-0.39, 0.29) is 17.8 Å². The molecule has 4 nitrogen and oxygen atoms in total. The van der Waals surface area contributed by atoms with E-state index in [1.165, 1.54) is 18.6 Å². The Bertz CT molecular complexity index is 436. The quantitative estimate of drug-likeness (QED) is 0.848.